The molecule has 1 aromatic rings. The van der Waals surface area contributed by atoms with Gasteiger partial charge in [-0.05, 0) is 43.4 Å². The lowest BCUT2D eigenvalue weighted by atomic mass is 9.56. The lowest BCUT2D eigenvalue weighted by Gasteiger charge is -2.54. The van der Waals surface area contributed by atoms with Crippen molar-refractivity contribution in [3.05, 3.63) is 29.8 Å². The van der Waals surface area contributed by atoms with Crippen LogP contribution in [0.15, 0.2) is 24.3 Å². The fraction of sp³-hybridized carbons (Fsp3) is 0.667. The third-order valence-electron chi connectivity index (χ3n) is 9.01. The van der Waals surface area contributed by atoms with Crippen LogP contribution in [0.3, 0.4) is 0 Å². The topological polar surface area (TPSA) is 61.8 Å². The van der Waals surface area contributed by atoms with E-state index < -0.39 is 0 Å². The number of nitrogens with zero attached hydrogens (tertiary/aromatic N) is 1. The number of hydrogen-bond acceptors (Lipinski definition) is 5. The van der Waals surface area contributed by atoms with Gasteiger partial charge in [-0.15, -0.1) is 0 Å². The minimum absolute atomic E-state index is 0.110. The number of methoxy groups -OCH3 is 1. The van der Waals surface area contributed by atoms with Crippen LogP contribution >= 0.6 is 0 Å². The molecular formula is C21H26N2O3. The maximum Gasteiger partial charge on any atom is 0.311 e. The molecule has 5 heteroatoms. The number of piperidine rings is 1. The van der Waals surface area contributed by atoms with Crippen LogP contribution in [0.5, 0.6) is 0 Å². The summed E-state index contributed by atoms with van der Waals surface area (Å²) in [5.41, 5.74) is 1.83. The lowest BCUT2D eigenvalue weighted by Crippen LogP contribution is -2.65. The average Bonchev–Trinajstić information content (AvgIpc) is 3.31. The molecule has 26 heavy (non-hydrogen) atoms. The van der Waals surface area contributed by atoms with Gasteiger partial charge in [0.15, 0.2) is 0 Å². The first-order valence-corrected chi connectivity index (χ1v) is 9.91. The second-order valence-electron chi connectivity index (χ2n) is 9.12. The maximum absolute atomic E-state index is 12.9. The Bertz CT molecular complexity index is 827. The zero-order valence-electron chi connectivity index (χ0n) is 15.4. The third-order valence-corrected chi connectivity index (χ3v) is 9.01. The van der Waals surface area contributed by atoms with E-state index in [1.54, 1.807) is 0 Å². The molecule has 7 atom stereocenters. The van der Waals surface area contributed by atoms with Crippen molar-refractivity contribution in [2.75, 3.05) is 25.5 Å². The number of nitrogens with one attached hydrogen (secondary N) is 1. The van der Waals surface area contributed by atoms with E-state index in [2.05, 4.69) is 41.4 Å². The van der Waals surface area contributed by atoms with Crippen molar-refractivity contribution in [3.8, 4) is 0 Å². The summed E-state index contributed by atoms with van der Waals surface area (Å²) in [6.07, 6.45) is 2.24. The average molecular weight is 354 g/mol. The van der Waals surface area contributed by atoms with E-state index in [0.29, 0.717) is 6.04 Å². The maximum atomic E-state index is 12.9. The van der Waals surface area contributed by atoms with Crippen molar-refractivity contribution in [3.63, 3.8) is 0 Å². The third kappa shape index (κ3) is 1.23. The fourth-order valence-electron chi connectivity index (χ4n) is 8.42. The van der Waals surface area contributed by atoms with Crippen LogP contribution in [0.25, 0.3) is 0 Å². The Morgan fingerprint density at radius 3 is 2.96 bits per heavy atom. The number of aliphatic hydroxyl groups is 1. The van der Waals surface area contributed by atoms with Gasteiger partial charge in [0.05, 0.1) is 24.7 Å². The van der Waals surface area contributed by atoms with Crippen LogP contribution in [0.2, 0.25) is 0 Å². The molecule has 4 fully saturated rings. The number of fused-ring (bicyclic) bond motifs is 1. The number of benzene rings is 1. The predicted octanol–water partition coefficient (Wildman–Crippen LogP) is 1.76. The predicted molar refractivity (Wildman–Crippen MR) is 96.8 cm³/mol. The molecule has 2 saturated carbocycles. The van der Waals surface area contributed by atoms with Gasteiger partial charge in [-0.3, -0.25) is 9.69 Å². The van der Waals surface area contributed by atoms with E-state index in [1.807, 2.05) is 0 Å². The number of ether oxygens (including phenoxy) is 1. The molecule has 0 radical (unpaired) electrons. The highest BCUT2D eigenvalue weighted by Crippen LogP contribution is 2.79. The highest BCUT2D eigenvalue weighted by molar-refractivity contribution is 5.82. The molecule has 3 spiro atoms. The molecule has 2 N–H and O–H groups in total. The first-order chi connectivity index (χ1) is 12.5. The Kier molecular flexibility index (Phi) is 2.65. The van der Waals surface area contributed by atoms with Crippen LogP contribution in [-0.2, 0) is 14.9 Å². The highest BCUT2D eigenvalue weighted by Gasteiger charge is 2.87. The van der Waals surface area contributed by atoms with Crippen LogP contribution in [0.1, 0.15) is 31.7 Å². The highest BCUT2D eigenvalue weighted by atomic mass is 16.5. The summed E-state index contributed by atoms with van der Waals surface area (Å²) in [5, 5.41) is 15.1. The van der Waals surface area contributed by atoms with Gasteiger partial charge in [0.1, 0.15) is 0 Å². The Hall–Kier alpha value is -1.59. The van der Waals surface area contributed by atoms with E-state index in [1.165, 1.54) is 18.4 Å². The molecule has 0 unspecified atom stereocenters. The monoisotopic (exact) mass is 354 g/mol. The molecular weight excluding hydrogens is 328 g/mol. The van der Waals surface area contributed by atoms with E-state index in [-0.39, 0.29) is 40.3 Å². The van der Waals surface area contributed by atoms with Gasteiger partial charge in [0, 0.05) is 29.1 Å². The van der Waals surface area contributed by atoms with Crippen molar-refractivity contribution in [2.45, 2.75) is 49.3 Å². The van der Waals surface area contributed by atoms with Gasteiger partial charge in [0.2, 0.25) is 0 Å². The van der Waals surface area contributed by atoms with Crippen LogP contribution in [0, 0.1) is 17.3 Å². The van der Waals surface area contributed by atoms with Crippen molar-refractivity contribution in [1.82, 2.24) is 4.90 Å². The molecule has 5 nitrogen and oxygen atoms in total. The van der Waals surface area contributed by atoms with Crippen LogP contribution < -0.4 is 5.32 Å². The summed E-state index contributed by atoms with van der Waals surface area (Å²) >= 11 is 0. The molecule has 3 aliphatic heterocycles. The number of para-hydroxylation sites is 1. The SMILES string of the molecule is COC(=O)[C@@H]1C[C@]23[C@@H](C)[C@]14Nc1ccccc1[C@@]41CCN(CC[C@@H]2O)[C@@H]31. The van der Waals surface area contributed by atoms with Gasteiger partial charge >= 0.3 is 5.97 Å². The summed E-state index contributed by atoms with van der Waals surface area (Å²) < 4.78 is 5.28. The second-order valence-corrected chi connectivity index (χ2v) is 9.12. The Balaban J connectivity index is 1.68. The van der Waals surface area contributed by atoms with Gasteiger partial charge in [-0.25, -0.2) is 0 Å². The quantitative estimate of drug-likeness (QED) is 0.753. The zero-order chi connectivity index (χ0) is 17.9. The number of aliphatic hydroxyl groups excluding tert-OH is 1. The normalized spacial score (nSPS) is 50.1. The largest absolute Gasteiger partial charge is 0.469 e. The first kappa shape index (κ1) is 15.5. The number of anilines is 1. The number of carbonyl (C=O) groups is 1. The van der Waals surface area contributed by atoms with Gasteiger partial charge < -0.3 is 15.2 Å². The summed E-state index contributed by atoms with van der Waals surface area (Å²) in [7, 11) is 1.50. The summed E-state index contributed by atoms with van der Waals surface area (Å²) in [6, 6.07) is 8.90. The molecule has 0 aromatic heterocycles. The minimum Gasteiger partial charge on any atom is -0.469 e. The van der Waals surface area contributed by atoms with E-state index in [4.69, 9.17) is 4.74 Å². The molecule has 2 bridgehead atoms. The summed E-state index contributed by atoms with van der Waals surface area (Å²) in [4.78, 5) is 15.5. The van der Waals surface area contributed by atoms with Gasteiger partial charge in [-0.2, -0.15) is 0 Å². The van der Waals surface area contributed by atoms with Crippen molar-refractivity contribution in [2.24, 2.45) is 17.3 Å². The van der Waals surface area contributed by atoms with E-state index >= 15 is 0 Å². The molecule has 1 aromatic carbocycles. The second kappa shape index (κ2) is 4.45. The van der Waals surface area contributed by atoms with Crippen molar-refractivity contribution in [1.29, 1.82) is 0 Å². The number of esters is 1. The first-order valence-electron chi connectivity index (χ1n) is 9.91. The lowest BCUT2D eigenvalue weighted by molar-refractivity contribution is -0.152. The molecule has 2 aliphatic carbocycles. The number of carbonyl (C=O) groups excluding carboxylic acids is 1. The molecule has 5 aliphatic rings. The van der Waals surface area contributed by atoms with Crippen molar-refractivity contribution >= 4 is 11.7 Å². The molecule has 138 valence electrons. The Morgan fingerprint density at radius 1 is 1.35 bits per heavy atom. The Labute approximate surface area is 153 Å². The zero-order valence-corrected chi connectivity index (χ0v) is 15.4. The molecule has 2 saturated heterocycles. The summed E-state index contributed by atoms with van der Waals surface area (Å²) in [5.74, 6) is -0.114. The number of rotatable bonds is 1. The summed E-state index contributed by atoms with van der Waals surface area (Å²) in [6.45, 7) is 4.29. The van der Waals surface area contributed by atoms with Gasteiger partial charge in [-0.1, -0.05) is 25.1 Å². The smallest absolute Gasteiger partial charge is 0.311 e. The van der Waals surface area contributed by atoms with E-state index in [0.717, 1.165) is 32.4 Å². The standard InChI is InChI=1S/C21H26N2O3/c1-12-19-11-14(17(25)26-2)21(12)20(13-5-3-4-6-15(13)22-21)8-10-23(18(19)20)9-7-16(19)24/h3-6,12,14,16,18,22,24H,7-11H2,1-2H3/t12-,14+,16+,18+,19+,20-,21+/m1/s1. The molecule has 6 rings (SSSR count). The Morgan fingerprint density at radius 2 is 2.15 bits per heavy atom. The van der Waals surface area contributed by atoms with Crippen LogP contribution in [0.4, 0.5) is 5.69 Å². The molecule has 3 heterocycles. The molecule has 0 amide bonds. The number of hydrogen-bond donors (Lipinski definition) is 2. The van der Waals surface area contributed by atoms with Gasteiger partial charge in [0.25, 0.3) is 0 Å². The van der Waals surface area contributed by atoms with Crippen LogP contribution in [-0.4, -0.2) is 53.9 Å². The van der Waals surface area contributed by atoms with Crippen molar-refractivity contribution < 1.29 is 14.6 Å². The minimum atomic E-state index is -0.353. The van der Waals surface area contributed by atoms with E-state index in [9.17, 15) is 9.90 Å². The fourth-order valence-corrected chi connectivity index (χ4v) is 8.42.